The van der Waals surface area contributed by atoms with E-state index in [0.717, 1.165) is 26.2 Å². The molecule has 3 heteroatoms. The average Bonchev–Trinajstić information content (AvgIpc) is 2.11. The van der Waals surface area contributed by atoms with Gasteiger partial charge in [-0.25, -0.2) is 0 Å². The van der Waals surface area contributed by atoms with E-state index in [4.69, 9.17) is 9.47 Å². The molecular weight excluding hydrogens is 166 g/mol. The van der Waals surface area contributed by atoms with Crippen LogP contribution in [0.15, 0.2) is 0 Å². The minimum atomic E-state index is 0.553. The largest absolute Gasteiger partial charge is 0.379 e. The molecule has 0 fully saturated rings. The molecule has 0 aliphatic carbocycles. The lowest BCUT2D eigenvalue weighted by Crippen LogP contribution is -2.27. The summed E-state index contributed by atoms with van der Waals surface area (Å²) in [6.45, 7) is 10.3. The quantitative estimate of drug-likeness (QED) is 0.557. The van der Waals surface area contributed by atoms with Crippen molar-refractivity contribution in [3.63, 3.8) is 0 Å². The molecule has 3 nitrogen and oxygen atoms in total. The normalized spacial score (nSPS) is 13.2. The summed E-state index contributed by atoms with van der Waals surface area (Å²) in [5.74, 6) is 0. The summed E-state index contributed by atoms with van der Waals surface area (Å²) in [5, 5.41) is 3.34. The van der Waals surface area contributed by atoms with Crippen LogP contribution >= 0.6 is 0 Å². The Kier molecular flexibility index (Phi) is 9.87. The Morgan fingerprint density at radius 1 is 1.08 bits per heavy atom. The third kappa shape index (κ3) is 9.80. The van der Waals surface area contributed by atoms with Gasteiger partial charge in [-0.3, -0.25) is 0 Å². The molecule has 1 N–H and O–H groups in total. The summed E-state index contributed by atoms with van der Waals surface area (Å²) >= 11 is 0. The van der Waals surface area contributed by atoms with Crippen LogP contribution in [0, 0.1) is 0 Å². The summed E-state index contributed by atoms with van der Waals surface area (Å²) in [7, 11) is 0. The maximum Gasteiger partial charge on any atom is 0.0700 e. The van der Waals surface area contributed by atoms with Gasteiger partial charge in [0, 0.05) is 19.3 Å². The Bertz CT molecular complexity index is 98.9. The molecule has 0 aromatic heterocycles. The monoisotopic (exact) mass is 189 g/mol. The second-order valence-corrected chi connectivity index (χ2v) is 3.06. The van der Waals surface area contributed by atoms with Crippen LogP contribution in [-0.2, 0) is 9.47 Å². The maximum absolute atomic E-state index is 5.39. The standard InChI is InChI=1S/C10H23NO2/c1-4-11-10(3)6-7-13-9-8-12-5-2/h10-11H,4-9H2,1-3H3. The topological polar surface area (TPSA) is 30.5 Å². The van der Waals surface area contributed by atoms with Gasteiger partial charge < -0.3 is 14.8 Å². The zero-order valence-electron chi connectivity index (χ0n) is 9.14. The van der Waals surface area contributed by atoms with Gasteiger partial charge in [-0.05, 0) is 26.8 Å². The molecular formula is C10H23NO2. The van der Waals surface area contributed by atoms with Crippen molar-refractivity contribution in [3.05, 3.63) is 0 Å². The lowest BCUT2D eigenvalue weighted by atomic mass is 10.2. The molecule has 0 saturated carbocycles. The van der Waals surface area contributed by atoms with Crippen LogP contribution in [0.3, 0.4) is 0 Å². The average molecular weight is 189 g/mol. The fourth-order valence-electron chi connectivity index (χ4n) is 1.07. The van der Waals surface area contributed by atoms with Crippen LogP contribution in [-0.4, -0.2) is 39.0 Å². The molecule has 0 heterocycles. The molecule has 0 aromatic carbocycles. The molecule has 0 saturated heterocycles. The first kappa shape index (κ1) is 12.9. The second kappa shape index (κ2) is 9.96. The lowest BCUT2D eigenvalue weighted by molar-refractivity contribution is 0.0497. The predicted octanol–water partition coefficient (Wildman–Crippen LogP) is 1.43. The van der Waals surface area contributed by atoms with E-state index in [9.17, 15) is 0 Å². The Balaban J connectivity index is 2.97. The van der Waals surface area contributed by atoms with E-state index >= 15 is 0 Å². The SMILES string of the molecule is CCNC(C)CCOCCOCC. The highest BCUT2D eigenvalue weighted by atomic mass is 16.5. The second-order valence-electron chi connectivity index (χ2n) is 3.06. The first-order chi connectivity index (χ1) is 6.31. The summed E-state index contributed by atoms with van der Waals surface area (Å²) in [4.78, 5) is 0. The molecule has 0 spiro atoms. The van der Waals surface area contributed by atoms with Crippen molar-refractivity contribution >= 4 is 0 Å². The molecule has 0 aromatic rings. The number of nitrogens with one attached hydrogen (secondary N) is 1. The molecule has 0 amide bonds. The van der Waals surface area contributed by atoms with Gasteiger partial charge in [-0.2, -0.15) is 0 Å². The lowest BCUT2D eigenvalue weighted by Gasteiger charge is -2.11. The van der Waals surface area contributed by atoms with Gasteiger partial charge in [-0.1, -0.05) is 6.92 Å². The maximum atomic E-state index is 5.39. The van der Waals surface area contributed by atoms with Crippen molar-refractivity contribution in [2.45, 2.75) is 33.2 Å². The van der Waals surface area contributed by atoms with Crippen molar-refractivity contribution in [2.24, 2.45) is 0 Å². The first-order valence-electron chi connectivity index (χ1n) is 5.20. The Hall–Kier alpha value is -0.120. The molecule has 1 unspecified atom stereocenters. The number of hydrogen-bond donors (Lipinski definition) is 1. The van der Waals surface area contributed by atoms with Crippen molar-refractivity contribution in [1.29, 1.82) is 0 Å². The Morgan fingerprint density at radius 3 is 2.38 bits per heavy atom. The van der Waals surface area contributed by atoms with Crippen molar-refractivity contribution in [2.75, 3.05) is 33.0 Å². The van der Waals surface area contributed by atoms with Gasteiger partial charge in [0.1, 0.15) is 0 Å². The van der Waals surface area contributed by atoms with Gasteiger partial charge >= 0.3 is 0 Å². The van der Waals surface area contributed by atoms with Crippen LogP contribution in [0.25, 0.3) is 0 Å². The summed E-state index contributed by atoms with van der Waals surface area (Å²) in [6.07, 6.45) is 1.07. The zero-order chi connectivity index (χ0) is 9.94. The van der Waals surface area contributed by atoms with Crippen LogP contribution in [0.2, 0.25) is 0 Å². The molecule has 0 aliphatic heterocycles. The van der Waals surface area contributed by atoms with E-state index in [2.05, 4.69) is 19.2 Å². The van der Waals surface area contributed by atoms with E-state index in [1.54, 1.807) is 0 Å². The number of rotatable bonds is 9. The number of ether oxygens (including phenoxy) is 2. The molecule has 0 rings (SSSR count). The molecule has 0 radical (unpaired) electrons. The van der Waals surface area contributed by atoms with Crippen LogP contribution < -0.4 is 5.32 Å². The van der Waals surface area contributed by atoms with E-state index in [1.807, 2.05) is 6.92 Å². The molecule has 1 atom stereocenters. The minimum Gasteiger partial charge on any atom is -0.379 e. The van der Waals surface area contributed by atoms with Crippen molar-refractivity contribution < 1.29 is 9.47 Å². The molecule has 80 valence electrons. The van der Waals surface area contributed by atoms with E-state index in [-0.39, 0.29) is 0 Å². The van der Waals surface area contributed by atoms with Crippen LogP contribution in [0.1, 0.15) is 27.2 Å². The summed E-state index contributed by atoms with van der Waals surface area (Å²) in [6, 6.07) is 0.553. The fraction of sp³-hybridized carbons (Fsp3) is 1.00. The van der Waals surface area contributed by atoms with Crippen molar-refractivity contribution in [3.8, 4) is 0 Å². The van der Waals surface area contributed by atoms with Gasteiger partial charge in [0.05, 0.1) is 13.2 Å². The first-order valence-corrected chi connectivity index (χ1v) is 5.20. The van der Waals surface area contributed by atoms with E-state index in [0.29, 0.717) is 19.3 Å². The van der Waals surface area contributed by atoms with Gasteiger partial charge in [0.2, 0.25) is 0 Å². The van der Waals surface area contributed by atoms with Gasteiger partial charge in [0.15, 0.2) is 0 Å². The summed E-state index contributed by atoms with van der Waals surface area (Å²) < 4.78 is 10.5. The minimum absolute atomic E-state index is 0.553. The highest BCUT2D eigenvalue weighted by Gasteiger charge is 1.98. The zero-order valence-corrected chi connectivity index (χ0v) is 9.14. The third-order valence-corrected chi connectivity index (χ3v) is 1.82. The van der Waals surface area contributed by atoms with Crippen LogP contribution in [0.4, 0.5) is 0 Å². The van der Waals surface area contributed by atoms with Crippen molar-refractivity contribution in [1.82, 2.24) is 5.32 Å². The highest BCUT2D eigenvalue weighted by Crippen LogP contribution is 1.91. The highest BCUT2D eigenvalue weighted by molar-refractivity contribution is 4.57. The van der Waals surface area contributed by atoms with E-state index < -0.39 is 0 Å². The fourth-order valence-corrected chi connectivity index (χ4v) is 1.07. The Morgan fingerprint density at radius 2 is 1.77 bits per heavy atom. The molecule has 13 heavy (non-hydrogen) atoms. The summed E-state index contributed by atoms with van der Waals surface area (Å²) in [5.41, 5.74) is 0. The molecule has 0 aliphatic rings. The van der Waals surface area contributed by atoms with E-state index in [1.165, 1.54) is 0 Å². The van der Waals surface area contributed by atoms with Crippen LogP contribution in [0.5, 0.6) is 0 Å². The predicted molar refractivity (Wildman–Crippen MR) is 55.1 cm³/mol. The smallest absolute Gasteiger partial charge is 0.0700 e. The number of hydrogen-bond acceptors (Lipinski definition) is 3. The van der Waals surface area contributed by atoms with Gasteiger partial charge in [-0.15, -0.1) is 0 Å². The molecule has 0 bridgehead atoms. The third-order valence-electron chi connectivity index (χ3n) is 1.82. The Labute approximate surface area is 81.8 Å². The van der Waals surface area contributed by atoms with Gasteiger partial charge in [0.25, 0.3) is 0 Å².